The van der Waals surface area contributed by atoms with Crippen LogP contribution in [0.1, 0.15) is 50.2 Å². The van der Waals surface area contributed by atoms with E-state index in [1.54, 1.807) is 28.6 Å². The maximum atomic E-state index is 13.4. The maximum Gasteiger partial charge on any atom is 0.314 e. The second-order valence-electron chi connectivity index (χ2n) is 10.8. The number of thiazole rings is 1. The van der Waals surface area contributed by atoms with Gasteiger partial charge in [0.25, 0.3) is 0 Å². The van der Waals surface area contributed by atoms with Crippen molar-refractivity contribution in [2.75, 3.05) is 26.0 Å². The van der Waals surface area contributed by atoms with E-state index in [1.807, 2.05) is 0 Å². The molecule has 0 aliphatic carbocycles. The molecular formula is C27H33N7O2S. The number of likely N-dealkylation sites (tertiary alicyclic amines) is 1. The molecule has 2 N–H and O–H groups in total. The molecule has 3 aromatic heterocycles. The monoisotopic (exact) mass is 519 g/mol. The lowest BCUT2D eigenvalue weighted by atomic mass is 9.89. The van der Waals surface area contributed by atoms with Crippen molar-refractivity contribution >= 4 is 50.0 Å². The number of pyridine rings is 1. The standard InChI is InChI=1S/C27H33N7O2S/c1-16-6-8-21(17-7-9-22-19(10-17)30-23(37-22)11-27(2,3)33(4)5)34(15-16)26(36)25(35)31-20-14-28-12-18-13-29-32-24(18)20/h7,9-10,12-14,16,21H,6,8,11,15H2,1-5H3,(H,29,32)(H,31,35)/t16-,21+/m0/s1. The zero-order valence-electron chi connectivity index (χ0n) is 21.9. The number of carbonyl (C=O) groups is 2. The van der Waals surface area contributed by atoms with E-state index >= 15 is 0 Å². The van der Waals surface area contributed by atoms with Gasteiger partial charge in [-0.25, -0.2) is 4.98 Å². The molecule has 4 heterocycles. The molecule has 1 saturated heterocycles. The fourth-order valence-electron chi connectivity index (χ4n) is 4.79. The highest BCUT2D eigenvalue weighted by molar-refractivity contribution is 7.18. The molecule has 37 heavy (non-hydrogen) atoms. The summed E-state index contributed by atoms with van der Waals surface area (Å²) in [6.07, 6.45) is 7.45. The number of nitrogens with one attached hydrogen (secondary N) is 2. The van der Waals surface area contributed by atoms with Crippen LogP contribution in [0.2, 0.25) is 0 Å². The number of anilines is 1. The van der Waals surface area contributed by atoms with Gasteiger partial charge >= 0.3 is 11.8 Å². The van der Waals surface area contributed by atoms with Crippen LogP contribution in [-0.2, 0) is 16.0 Å². The van der Waals surface area contributed by atoms with Crippen molar-refractivity contribution in [3.05, 3.63) is 47.4 Å². The van der Waals surface area contributed by atoms with Crippen LogP contribution in [0.15, 0.2) is 36.8 Å². The Bertz CT molecular complexity index is 1460. The van der Waals surface area contributed by atoms with Crippen molar-refractivity contribution in [3.8, 4) is 0 Å². The summed E-state index contributed by atoms with van der Waals surface area (Å²) in [5, 5.41) is 11.5. The van der Waals surface area contributed by atoms with Crippen LogP contribution in [0, 0.1) is 5.92 Å². The van der Waals surface area contributed by atoms with E-state index in [2.05, 4.69) is 78.5 Å². The Kier molecular flexibility index (Phi) is 6.72. The Morgan fingerprint density at radius 1 is 1.22 bits per heavy atom. The van der Waals surface area contributed by atoms with Crippen molar-refractivity contribution < 1.29 is 9.59 Å². The van der Waals surface area contributed by atoms with Crippen LogP contribution in [-0.4, -0.2) is 68.0 Å². The second kappa shape index (κ2) is 9.83. The predicted molar refractivity (Wildman–Crippen MR) is 146 cm³/mol. The Hall–Kier alpha value is -3.37. The summed E-state index contributed by atoms with van der Waals surface area (Å²) >= 11 is 1.72. The van der Waals surface area contributed by atoms with Gasteiger partial charge in [-0.05, 0) is 64.4 Å². The molecule has 10 heteroatoms. The lowest BCUT2D eigenvalue weighted by molar-refractivity contribution is -0.146. The van der Waals surface area contributed by atoms with Crippen molar-refractivity contribution in [3.63, 3.8) is 0 Å². The van der Waals surface area contributed by atoms with E-state index in [1.165, 1.54) is 6.20 Å². The average Bonchev–Trinajstić information content (AvgIpc) is 3.49. The topological polar surface area (TPSA) is 107 Å². The second-order valence-corrected chi connectivity index (χ2v) is 12.0. The maximum absolute atomic E-state index is 13.4. The Labute approximate surface area is 220 Å². The largest absolute Gasteiger partial charge is 0.327 e. The molecule has 0 saturated carbocycles. The Morgan fingerprint density at radius 2 is 2.03 bits per heavy atom. The quantitative estimate of drug-likeness (QED) is 0.379. The van der Waals surface area contributed by atoms with Gasteiger partial charge in [-0.1, -0.05) is 13.0 Å². The number of fused-ring (bicyclic) bond motifs is 2. The van der Waals surface area contributed by atoms with Gasteiger partial charge in [0.05, 0.1) is 44.9 Å². The van der Waals surface area contributed by atoms with Crippen LogP contribution in [0.25, 0.3) is 21.1 Å². The molecule has 1 aliphatic heterocycles. The Morgan fingerprint density at radius 3 is 2.81 bits per heavy atom. The number of H-pyrrole nitrogens is 1. The fraction of sp³-hybridized carbons (Fsp3) is 0.444. The van der Waals surface area contributed by atoms with Crippen LogP contribution in [0.3, 0.4) is 0 Å². The summed E-state index contributed by atoms with van der Waals surface area (Å²) in [7, 11) is 4.17. The first-order valence-corrected chi connectivity index (χ1v) is 13.4. The number of hydrogen-bond donors (Lipinski definition) is 2. The van der Waals surface area contributed by atoms with Gasteiger partial charge in [0.2, 0.25) is 0 Å². The number of piperidine rings is 1. The summed E-state index contributed by atoms with van der Waals surface area (Å²) in [5.41, 5.74) is 3.04. The number of hydrogen-bond acceptors (Lipinski definition) is 7. The van der Waals surface area contributed by atoms with Gasteiger partial charge in [0.15, 0.2) is 0 Å². The fourth-order valence-corrected chi connectivity index (χ4v) is 5.96. The third-order valence-electron chi connectivity index (χ3n) is 7.51. The molecule has 1 fully saturated rings. The van der Waals surface area contributed by atoms with Gasteiger partial charge in [-0.2, -0.15) is 5.10 Å². The van der Waals surface area contributed by atoms with Crippen LogP contribution < -0.4 is 5.32 Å². The summed E-state index contributed by atoms with van der Waals surface area (Å²) in [6, 6.07) is 6.09. The molecule has 1 aromatic carbocycles. The van der Waals surface area contributed by atoms with E-state index in [0.717, 1.165) is 45.4 Å². The van der Waals surface area contributed by atoms with Gasteiger partial charge in [-0.15, -0.1) is 11.3 Å². The van der Waals surface area contributed by atoms with E-state index in [4.69, 9.17) is 4.98 Å². The molecular weight excluding hydrogens is 486 g/mol. The van der Waals surface area contributed by atoms with E-state index in [-0.39, 0.29) is 11.6 Å². The highest BCUT2D eigenvalue weighted by Gasteiger charge is 2.35. The molecule has 0 spiro atoms. The third kappa shape index (κ3) is 5.08. The zero-order chi connectivity index (χ0) is 26.3. The average molecular weight is 520 g/mol. The van der Waals surface area contributed by atoms with Crippen LogP contribution >= 0.6 is 11.3 Å². The lowest BCUT2D eigenvalue weighted by Gasteiger charge is -2.38. The summed E-state index contributed by atoms with van der Waals surface area (Å²) < 4.78 is 1.13. The molecule has 0 radical (unpaired) electrons. The number of likely N-dealkylation sites (N-methyl/N-ethyl adjacent to an activating group) is 1. The normalized spacial score (nSPS) is 18.6. The number of aromatic nitrogens is 4. The number of carbonyl (C=O) groups excluding carboxylic acids is 2. The smallest absolute Gasteiger partial charge is 0.314 e. The SMILES string of the molecule is C[C@H]1CC[C@H](c2ccc3sc(CC(C)(C)N(C)C)nc3c2)N(C(=O)C(=O)Nc2cncc3cn[nH]c23)C1. The Balaban J connectivity index is 1.39. The van der Waals surface area contributed by atoms with Gasteiger partial charge in [0, 0.05) is 30.1 Å². The van der Waals surface area contributed by atoms with Crippen LogP contribution in [0.4, 0.5) is 5.69 Å². The van der Waals surface area contributed by atoms with Crippen molar-refractivity contribution in [1.29, 1.82) is 0 Å². The number of rotatable bonds is 5. The first-order chi connectivity index (χ1) is 17.6. The summed E-state index contributed by atoms with van der Waals surface area (Å²) in [6.45, 7) is 7.07. The van der Waals surface area contributed by atoms with Gasteiger partial charge in [-0.3, -0.25) is 19.7 Å². The molecule has 9 nitrogen and oxygen atoms in total. The number of amides is 2. The van der Waals surface area contributed by atoms with Crippen molar-refractivity contribution in [2.24, 2.45) is 5.92 Å². The number of nitrogens with zero attached hydrogens (tertiary/aromatic N) is 5. The van der Waals surface area contributed by atoms with Crippen molar-refractivity contribution in [1.82, 2.24) is 30.0 Å². The molecule has 0 bridgehead atoms. The molecule has 2 amide bonds. The molecule has 194 valence electrons. The summed E-state index contributed by atoms with van der Waals surface area (Å²) in [4.78, 5) is 39.5. The number of aromatic amines is 1. The minimum atomic E-state index is -0.675. The zero-order valence-corrected chi connectivity index (χ0v) is 22.7. The third-order valence-corrected chi connectivity index (χ3v) is 8.55. The minimum absolute atomic E-state index is 0.00281. The number of benzene rings is 1. The van der Waals surface area contributed by atoms with E-state index in [9.17, 15) is 9.59 Å². The van der Waals surface area contributed by atoms with Crippen molar-refractivity contribution in [2.45, 2.75) is 51.6 Å². The highest BCUT2D eigenvalue weighted by atomic mass is 32.1. The molecule has 4 aromatic rings. The first-order valence-electron chi connectivity index (χ1n) is 12.6. The highest BCUT2D eigenvalue weighted by Crippen LogP contribution is 2.36. The van der Waals surface area contributed by atoms with Gasteiger partial charge < -0.3 is 15.1 Å². The predicted octanol–water partition coefficient (Wildman–Crippen LogP) is 4.39. The minimum Gasteiger partial charge on any atom is -0.327 e. The summed E-state index contributed by atoms with van der Waals surface area (Å²) in [5.74, 6) is -0.903. The lowest BCUT2D eigenvalue weighted by Crippen LogP contribution is -2.46. The molecule has 2 atom stereocenters. The molecule has 1 aliphatic rings. The van der Waals surface area contributed by atoms with E-state index in [0.29, 0.717) is 23.7 Å². The molecule has 0 unspecified atom stereocenters. The molecule has 5 rings (SSSR count). The van der Waals surface area contributed by atoms with E-state index < -0.39 is 11.8 Å². The van der Waals surface area contributed by atoms with Crippen LogP contribution in [0.5, 0.6) is 0 Å². The first kappa shape index (κ1) is 25.3. The van der Waals surface area contributed by atoms with Gasteiger partial charge in [0.1, 0.15) is 0 Å².